The van der Waals surface area contributed by atoms with Crippen LogP contribution >= 0.6 is 0 Å². The van der Waals surface area contributed by atoms with Gasteiger partial charge in [0.25, 0.3) is 0 Å². The molecule has 0 amide bonds. The van der Waals surface area contributed by atoms with Gasteiger partial charge in [0.1, 0.15) is 5.82 Å². The SMILES string of the molecule is Cc1cc(C(C)N2CCC(C)CC2)ccc1F. The Balaban J connectivity index is 2.08. The van der Waals surface area contributed by atoms with Gasteiger partial charge in [0.05, 0.1) is 0 Å². The summed E-state index contributed by atoms with van der Waals surface area (Å²) >= 11 is 0. The maximum Gasteiger partial charge on any atom is 0.126 e. The maximum atomic E-state index is 13.2. The third-order valence-corrected chi connectivity index (χ3v) is 4.03. The molecule has 1 heterocycles. The molecule has 0 spiro atoms. The highest BCUT2D eigenvalue weighted by atomic mass is 19.1. The molecule has 17 heavy (non-hydrogen) atoms. The lowest BCUT2D eigenvalue weighted by Gasteiger charge is -2.35. The van der Waals surface area contributed by atoms with Crippen molar-refractivity contribution < 1.29 is 4.39 Å². The first kappa shape index (κ1) is 12.6. The Bertz CT molecular complexity index is 381. The van der Waals surface area contributed by atoms with Gasteiger partial charge in [-0.15, -0.1) is 0 Å². The summed E-state index contributed by atoms with van der Waals surface area (Å²) in [5.74, 6) is 0.752. The van der Waals surface area contributed by atoms with Crippen molar-refractivity contribution >= 4 is 0 Å². The Kier molecular flexibility index (Phi) is 3.82. The van der Waals surface area contributed by atoms with Crippen LogP contribution in [-0.4, -0.2) is 18.0 Å². The Labute approximate surface area is 104 Å². The topological polar surface area (TPSA) is 3.24 Å². The van der Waals surface area contributed by atoms with E-state index in [1.807, 2.05) is 19.1 Å². The number of rotatable bonds is 2. The van der Waals surface area contributed by atoms with Gasteiger partial charge in [0.2, 0.25) is 0 Å². The summed E-state index contributed by atoms with van der Waals surface area (Å²) in [6.07, 6.45) is 2.56. The fraction of sp³-hybridized carbons (Fsp3) is 0.600. The first-order valence-electron chi connectivity index (χ1n) is 6.58. The van der Waals surface area contributed by atoms with Crippen molar-refractivity contribution in [3.05, 3.63) is 35.1 Å². The lowest BCUT2D eigenvalue weighted by molar-refractivity contribution is 0.147. The molecule has 2 heteroatoms. The van der Waals surface area contributed by atoms with Crippen LogP contribution in [0.25, 0.3) is 0 Å². The fourth-order valence-corrected chi connectivity index (χ4v) is 2.55. The number of benzene rings is 1. The van der Waals surface area contributed by atoms with Crippen molar-refractivity contribution in [3.63, 3.8) is 0 Å². The lowest BCUT2D eigenvalue weighted by Crippen LogP contribution is -2.35. The number of hydrogen-bond acceptors (Lipinski definition) is 1. The van der Waals surface area contributed by atoms with E-state index in [0.29, 0.717) is 6.04 Å². The van der Waals surface area contributed by atoms with Gasteiger partial charge in [0.15, 0.2) is 0 Å². The van der Waals surface area contributed by atoms with Gasteiger partial charge in [-0.1, -0.05) is 19.1 Å². The molecule has 1 atom stereocenters. The first-order chi connectivity index (χ1) is 8.08. The summed E-state index contributed by atoms with van der Waals surface area (Å²) in [7, 11) is 0. The second-order valence-corrected chi connectivity index (χ2v) is 5.40. The maximum absolute atomic E-state index is 13.2. The van der Waals surface area contributed by atoms with Gasteiger partial charge in [-0.25, -0.2) is 4.39 Å². The standard InChI is InChI=1S/C15H22FN/c1-11-6-8-17(9-7-11)13(3)14-4-5-15(16)12(2)10-14/h4-5,10-11,13H,6-9H2,1-3H3. The van der Waals surface area contributed by atoms with E-state index in [9.17, 15) is 4.39 Å². The van der Waals surface area contributed by atoms with Gasteiger partial charge >= 0.3 is 0 Å². The van der Waals surface area contributed by atoms with Crippen molar-refractivity contribution in [2.24, 2.45) is 5.92 Å². The average Bonchev–Trinajstić information content (AvgIpc) is 2.33. The molecule has 0 N–H and O–H groups in total. The minimum atomic E-state index is -0.104. The molecule has 1 aliphatic rings. The predicted octanol–water partition coefficient (Wildman–Crippen LogP) is 3.93. The van der Waals surface area contributed by atoms with E-state index in [1.54, 1.807) is 6.07 Å². The molecule has 0 radical (unpaired) electrons. The molecular weight excluding hydrogens is 213 g/mol. The minimum absolute atomic E-state index is 0.104. The molecule has 1 aromatic carbocycles. The molecule has 0 bridgehead atoms. The van der Waals surface area contributed by atoms with Crippen LogP contribution in [0.15, 0.2) is 18.2 Å². The van der Waals surface area contributed by atoms with Crippen LogP contribution < -0.4 is 0 Å². The number of piperidine rings is 1. The smallest absolute Gasteiger partial charge is 0.126 e. The molecule has 0 saturated carbocycles. The normalized spacial score (nSPS) is 20.5. The largest absolute Gasteiger partial charge is 0.297 e. The van der Waals surface area contributed by atoms with Crippen LogP contribution in [0, 0.1) is 18.7 Å². The van der Waals surface area contributed by atoms with Gasteiger partial charge in [0, 0.05) is 6.04 Å². The van der Waals surface area contributed by atoms with E-state index in [1.165, 1.54) is 31.5 Å². The van der Waals surface area contributed by atoms with E-state index in [2.05, 4.69) is 18.7 Å². The Morgan fingerprint density at radius 1 is 1.29 bits per heavy atom. The number of hydrogen-bond donors (Lipinski definition) is 0. The van der Waals surface area contributed by atoms with Crippen LogP contribution in [0.1, 0.15) is 43.9 Å². The highest BCUT2D eigenvalue weighted by Crippen LogP contribution is 2.27. The first-order valence-corrected chi connectivity index (χ1v) is 6.58. The molecule has 94 valence electrons. The number of nitrogens with zero attached hydrogens (tertiary/aromatic N) is 1. The summed E-state index contributed by atoms with van der Waals surface area (Å²) in [5, 5.41) is 0. The monoisotopic (exact) mass is 235 g/mol. The number of likely N-dealkylation sites (tertiary alicyclic amines) is 1. The molecule has 1 fully saturated rings. The molecule has 1 aliphatic heterocycles. The molecular formula is C15H22FN. The van der Waals surface area contributed by atoms with Gasteiger partial charge in [-0.05, 0) is 62.9 Å². The lowest BCUT2D eigenvalue weighted by atomic mass is 9.96. The Morgan fingerprint density at radius 3 is 2.53 bits per heavy atom. The Morgan fingerprint density at radius 2 is 1.94 bits per heavy atom. The van der Waals surface area contributed by atoms with Crippen LogP contribution in [-0.2, 0) is 0 Å². The van der Waals surface area contributed by atoms with Crippen LogP contribution in [0.5, 0.6) is 0 Å². The number of halogens is 1. The van der Waals surface area contributed by atoms with E-state index < -0.39 is 0 Å². The van der Waals surface area contributed by atoms with E-state index in [4.69, 9.17) is 0 Å². The van der Waals surface area contributed by atoms with E-state index in [0.717, 1.165) is 11.5 Å². The second kappa shape index (κ2) is 5.18. The summed E-state index contributed by atoms with van der Waals surface area (Å²) in [5.41, 5.74) is 1.98. The molecule has 1 unspecified atom stereocenters. The van der Waals surface area contributed by atoms with Crippen LogP contribution in [0.4, 0.5) is 4.39 Å². The minimum Gasteiger partial charge on any atom is -0.297 e. The van der Waals surface area contributed by atoms with Crippen molar-refractivity contribution in [1.82, 2.24) is 4.90 Å². The van der Waals surface area contributed by atoms with Gasteiger partial charge < -0.3 is 0 Å². The van der Waals surface area contributed by atoms with E-state index >= 15 is 0 Å². The van der Waals surface area contributed by atoms with E-state index in [-0.39, 0.29) is 5.82 Å². The van der Waals surface area contributed by atoms with Crippen LogP contribution in [0.3, 0.4) is 0 Å². The molecule has 2 rings (SSSR count). The second-order valence-electron chi connectivity index (χ2n) is 5.40. The van der Waals surface area contributed by atoms with Crippen molar-refractivity contribution in [3.8, 4) is 0 Å². The fourth-order valence-electron chi connectivity index (χ4n) is 2.55. The van der Waals surface area contributed by atoms with Crippen molar-refractivity contribution in [2.45, 2.75) is 39.7 Å². The molecule has 1 nitrogen and oxygen atoms in total. The predicted molar refractivity (Wildman–Crippen MR) is 69.5 cm³/mol. The summed E-state index contributed by atoms with van der Waals surface area (Å²) in [4.78, 5) is 2.51. The number of aryl methyl sites for hydroxylation is 1. The zero-order valence-corrected chi connectivity index (χ0v) is 11.0. The summed E-state index contributed by atoms with van der Waals surface area (Å²) in [6, 6.07) is 5.90. The highest BCUT2D eigenvalue weighted by Gasteiger charge is 2.21. The highest BCUT2D eigenvalue weighted by molar-refractivity contribution is 5.26. The van der Waals surface area contributed by atoms with Crippen molar-refractivity contribution in [2.75, 3.05) is 13.1 Å². The average molecular weight is 235 g/mol. The molecule has 1 aromatic rings. The van der Waals surface area contributed by atoms with Gasteiger partial charge in [-0.3, -0.25) is 4.90 Å². The Hall–Kier alpha value is -0.890. The quantitative estimate of drug-likeness (QED) is 0.750. The third-order valence-electron chi connectivity index (χ3n) is 4.03. The molecule has 0 aliphatic carbocycles. The van der Waals surface area contributed by atoms with Crippen LogP contribution in [0.2, 0.25) is 0 Å². The van der Waals surface area contributed by atoms with Crippen molar-refractivity contribution in [1.29, 1.82) is 0 Å². The molecule has 1 saturated heterocycles. The van der Waals surface area contributed by atoms with Gasteiger partial charge in [-0.2, -0.15) is 0 Å². The molecule has 0 aromatic heterocycles. The summed E-state index contributed by atoms with van der Waals surface area (Å²) < 4.78 is 13.2. The zero-order chi connectivity index (χ0) is 12.4. The summed E-state index contributed by atoms with van der Waals surface area (Å²) in [6.45, 7) is 8.72. The third kappa shape index (κ3) is 2.86. The zero-order valence-electron chi connectivity index (χ0n) is 11.0.